The summed E-state index contributed by atoms with van der Waals surface area (Å²) in [5.74, 6) is -80.5. The number of quaternary nitrogens is 1. The van der Waals surface area contributed by atoms with Gasteiger partial charge in [0.2, 0.25) is 0 Å². The fraction of sp³-hybridized carbons (Fsp3) is 1.00. The molecule has 0 radical (unpaired) electrons. The molecule has 0 aromatic heterocycles. The number of hydrogen-bond donors (Lipinski definition) is 1. The summed E-state index contributed by atoms with van der Waals surface area (Å²) in [4.78, 5) is 0. The van der Waals surface area contributed by atoms with Gasteiger partial charge in [0.15, 0.2) is 0 Å². The van der Waals surface area contributed by atoms with E-state index in [-0.39, 0.29) is 11.0 Å². The Labute approximate surface area is 229 Å². The van der Waals surface area contributed by atoms with E-state index in [1.165, 1.54) is 21.1 Å². The first-order valence-electron chi connectivity index (χ1n) is 10.5. The maximum Gasteiger partial charge on any atom is 0.460 e. The van der Waals surface area contributed by atoms with Crippen molar-refractivity contribution < 1.29 is 106 Å². The third-order valence-corrected chi connectivity index (χ3v) is 6.77. The van der Waals surface area contributed by atoms with Crippen LogP contribution in [0.3, 0.4) is 0 Å². The van der Waals surface area contributed by atoms with E-state index < -0.39 is 94.3 Å². The number of alkyl halides is 21. The Bertz CT molecular complexity index is 1000. The Kier molecular flexibility index (Phi) is 11.1. The zero-order chi connectivity index (χ0) is 35.5. The van der Waals surface area contributed by atoms with Gasteiger partial charge in [0.1, 0.15) is 12.6 Å². The molecule has 260 valence electrons. The SMILES string of the molecule is C[N+](C)(C)CC(O)CS(=O)CCC(F)(F)C(F)(F)C(F)(F)C(F)(F)C(F)(F)C(F)(F)C(F)(F)C(F)(F)C(F)(F)C(F)(F)F. The molecular formula is C18H19F21NO2S+. The van der Waals surface area contributed by atoms with Gasteiger partial charge in [-0.05, 0) is 0 Å². The minimum Gasteiger partial charge on any atom is -0.386 e. The first-order chi connectivity index (χ1) is 18.2. The highest BCUT2D eigenvalue weighted by atomic mass is 32.2. The fourth-order valence-corrected chi connectivity index (χ4v) is 4.16. The first kappa shape index (κ1) is 41.6. The minimum atomic E-state index is -9.22. The van der Waals surface area contributed by atoms with Gasteiger partial charge in [-0.25, -0.2) is 0 Å². The van der Waals surface area contributed by atoms with E-state index in [1.807, 2.05) is 0 Å². The van der Waals surface area contributed by atoms with Crippen molar-refractivity contribution in [2.45, 2.75) is 72.0 Å². The summed E-state index contributed by atoms with van der Waals surface area (Å²) in [5, 5.41) is 9.62. The van der Waals surface area contributed by atoms with Gasteiger partial charge in [-0.2, -0.15) is 92.2 Å². The van der Waals surface area contributed by atoms with Crippen LogP contribution in [-0.2, 0) is 10.8 Å². The highest BCUT2D eigenvalue weighted by Gasteiger charge is 2.97. The number of hydrogen-bond acceptors (Lipinski definition) is 2. The van der Waals surface area contributed by atoms with E-state index in [1.54, 1.807) is 0 Å². The Balaban J connectivity index is 6.58. The monoisotopic (exact) mass is 712 g/mol. The predicted molar refractivity (Wildman–Crippen MR) is 102 cm³/mol. The maximum absolute atomic E-state index is 13.9. The lowest BCUT2D eigenvalue weighted by Crippen LogP contribution is -2.76. The molecule has 0 aliphatic carbocycles. The number of rotatable bonds is 15. The summed E-state index contributed by atoms with van der Waals surface area (Å²) in [6.07, 6.45) is -12.7. The Morgan fingerprint density at radius 3 is 1.09 bits per heavy atom. The quantitative estimate of drug-likeness (QED) is 0.156. The zero-order valence-electron chi connectivity index (χ0n) is 21.1. The van der Waals surface area contributed by atoms with Crippen LogP contribution in [0.1, 0.15) is 6.42 Å². The molecule has 25 heteroatoms. The molecule has 2 atom stereocenters. The van der Waals surface area contributed by atoms with Gasteiger partial charge in [-0.1, -0.05) is 0 Å². The summed E-state index contributed by atoms with van der Waals surface area (Å²) in [6, 6.07) is 0. The number of aliphatic hydroxyl groups is 1. The molecule has 2 unspecified atom stereocenters. The summed E-state index contributed by atoms with van der Waals surface area (Å²) in [7, 11) is 1.31. The number of likely N-dealkylation sites (N-methyl/N-ethyl adjacent to an activating group) is 1. The van der Waals surface area contributed by atoms with E-state index in [2.05, 4.69) is 0 Å². The van der Waals surface area contributed by atoms with Gasteiger partial charge in [0.25, 0.3) is 0 Å². The topological polar surface area (TPSA) is 37.3 Å². The largest absolute Gasteiger partial charge is 0.460 e. The molecule has 0 aromatic rings. The highest BCUT2D eigenvalue weighted by molar-refractivity contribution is 7.85. The molecular weight excluding hydrogens is 693 g/mol. The third kappa shape index (κ3) is 6.76. The molecule has 0 saturated heterocycles. The van der Waals surface area contributed by atoms with Crippen molar-refractivity contribution in [3.63, 3.8) is 0 Å². The summed E-state index contributed by atoms with van der Waals surface area (Å²) in [5.41, 5.74) is 0. The second-order valence-electron chi connectivity index (χ2n) is 9.98. The summed E-state index contributed by atoms with van der Waals surface area (Å²) in [6.45, 7) is -0.315. The van der Waals surface area contributed by atoms with Gasteiger partial charge in [0.05, 0.1) is 26.9 Å². The van der Waals surface area contributed by atoms with Crippen molar-refractivity contribution in [3.05, 3.63) is 0 Å². The van der Waals surface area contributed by atoms with Crippen molar-refractivity contribution >= 4 is 10.8 Å². The molecule has 0 fully saturated rings. The smallest absolute Gasteiger partial charge is 0.386 e. The number of nitrogens with zero attached hydrogens (tertiary/aromatic N) is 1. The molecule has 0 rings (SSSR count). The lowest BCUT2D eigenvalue weighted by molar-refractivity contribution is -0.873. The van der Waals surface area contributed by atoms with Gasteiger partial charge < -0.3 is 9.59 Å². The highest BCUT2D eigenvalue weighted by Crippen LogP contribution is 2.66. The van der Waals surface area contributed by atoms with Crippen LogP contribution in [0.15, 0.2) is 0 Å². The molecule has 0 spiro atoms. The van der Waals surface area contributed by atoms with Crippen molar-refractivity contribution in [3.8, 4) is 0 Å². The molecule has 3 nitrogen and oxygen atoms in total. The maximum atomic E-state index is 13.9. The van der Waals surface area contributed by atoms with E-state index in [0.717, 1.165) is 0 Å². The van der Waals surface area contributed by atoms with Crippen LogP contribution in [0, 0.1) is 0 Å². The molecule has 0 aromatic carbocycles. The van der Waals surface area contributed by atoms with Gasteiger partial charge in [0, 0.05) is 23.0 Å². The average Bonchev–Trinajstić information content (AvgIpc) is 2.74. The molecule has 0 amide bonds. The predicted octanol–water partition coefficient (Wildman–Crippen LogP) is 6.47. The Morgan fingerprint density at radius 2 is 0.814 bits per heavy atom. The summed E-state index contributed by atoms with van der Waals surface area (Å²) >= 11 is 0. The van der Waals surface area contributed by atoms with Crippen LogP contribution in [0.2, 0.25) is 0 Å². The fourth-order valence-electron chi connectivity index (χ4n) is 2.97. The number of halogens is 21. The normalized spacial score (nSPS) is 17.7. The lowest BCUT2D eigenvalue weighted by Gasteiger charge is -2.44. The van der Waals surface area contributed by atoms with E-state index >= 15 is 0 Å². The van der Waals surface area contributed by atoms with Gasteiger partial charge >= 0.3 is 59.5 Å². The van der Waals surface area contributed by atoms with Crippen LogP contribution < -0.4 is 0 Å². The summed E-state index contributed by atoms with van der Waals surface area (Å²) < 4.78 is 292. The van der Waals surface area contributed by atoms with E-state index in [4.69, 9.17) is 0 Å². The minimum absolute atomic E-state index is 0.106. The third-order valence-electron chi connectivity index (χ3n) is 5.36. The van der Waals surface area contributed by atoms with Crippen LogP contribution in [-0.4, -0.2) is 119 Å². The first-order valence-corrected chi connectivity index (χ1v) is 12.0. The Morgan fingerprint density at radius 1 is 0.535 bits per heavy atom. The van der Waals surface area contributed by atoms with Crippen molar-refractivity contribution in [1.29, 1.82) is 0 Å². The molecule has 0 aliphatic heterocycles. The van der Waals surface area contributed by atoms with E-state index in [0.29, 0.717) is 0 Å². The Hall–Kier alpha value is -1.40. The van der Waals surface area contributed by atoms with Gasteiger partial charge in [-0.3, -0.25) is 4.21 Å². The van der Waals surface area contributed by atoms with Crippen molar-refractivity contribution in [1.82, 2.24) is 0 Å². The lowest BCUT2D eigenvalue weighted by atomic mass is 9.86. The molecule has 0 heterocycles. The molecule has 0 aliphatic rings. The standard InChI is InChI=1S/C18H19F21NO2S/c1-40(2,3)6-8(41)7-43(42)5-4-9(19,20)10(21,22)11(23,24)12(25,26)13(27,28)14(29,30)15(31,32)16(33,34)17(35,36)18(37,38)39/h8,41H,4-7H2,1-3H3/q+1. The van der Waals surface area contributed by atoms with E-state index in [9.17, 15) is 102 Å². The second-order valence-corrected chi connectivity index (χ2v) is 11.6. The van der Waals surface area contributed by atoms with Crippen LogP contribution in [0.25, 0.3) is 0 Å². The van der Waals surface area contributed by atoms with Crippen LogP contribution >= 0.6 is 0 Å². The van der Waals surface area contributed by atoms with Crippen LogP contribution in [0.5, 0.6) is 0 Å². The van der Waals surface area contributed by atoms with Crippen molar-refractivity contribution in [2.75, 3.05) is 39.2 Å². The second kappa shape index (κ2) is 11.4. The molecule has 1 N–H and O–H groups in total. The molecule has 0 bridgehead atoms. The zero-order valence-corrected chi connectivity index (χ0v) is 21.9. The molecule has 43 heavy (non-hydrogen) atoms. The number of aliphatic hydroxyl groups excluding tert-OH is 1. The molecule has 0 saturated carbocycles. The van der Waals surface area contributed by atoms with Crippen LogP contribution in [0.4, 0.5) is 92.2 Å². The van der Waals surface area contributed by atoms with Gasteiger partial charge in [-0.15, -0.1) is 0 Å². The average molecular weight is 712 g/mol. The van der Waals surface area contributed by atoms with Crippen molar-refractivity contribution in [2.24, 2.45) is 0 Å².